The van der Waals surface area contributed by atoms with Crippen molar-refractivity contribution < 1.29 is 18.3 Å². The minimum Gasteiger partial charge on any atom is -0.476 e. The minimum atomic E-state index is -1.00. The van der Waals surface area contributed by atoms with E-state index in [2.05, 4.69) is 10.6 Å². The summed E-state index contributed by atoms with van der Waals surface area (Å²) in [6, 6.07) is 13.3. The summed E-state index contributed by atoms with van der Waals surface area (Å²) in [4.78, 5) is 13.0. The number of fused-ring (bicyclic) bond motifs is 2. The van der Waals surface area contributed by atoms with Crippen LogP contribution in [0.2, 0.25) is 0 Å². The van der Waals surface area contributed by atoms with Crippen LogP contribution in [0.5, 0.6) is 5.75 Å². The fraction of sp³-hybridized carbons (Fsp3) is 0.381. The fourth-order valence-corrected chi connectivity index (χ4v) is 4.04. The predicted octanol–water partition coefficient (Wildman–Crippen LogP) is 3.91. The maximum absolute atomic E-state index is 13.5. The van der Waals surface area contributed by atoms with Crippen LogP contribution in [-0.4, -0.2) is 24.0 Å². The highest BCUT2D eigenvalue weighted by molar-refractivity contribution is 5.85. The van der Waals surface area contributed by atoms with Crippen molar-refractivity contribution in [2.24, 2.45) is 0 Å². The second kappa shape index (κ2) is 8.88. The molecule has 2 N–H and O–H groups in total. The third-order valence-electron chi connectivity index (χ3n) is 5.30. The summed E-state index contributed by atoms with van der Waals surface area (Å²) >= 11 is 0. The zero-order valence-corrected chi connectivity index (χ0v) is 16.1. The van der Waals surface area contributed by atoms with E-state index in [-0.39, 0.29) is 30.1 Å². The van der Waals surface area contributed by atoms with Gasteiger partial charge in [0.2, 0.25) is 6.10 Å². The van der Waals surface area contributed by atoms with Crippen LogP contribution in [0, 0.1) is 11.6 Å². The Balaban J connectivity index is 0.00000225. The number of carbonyl (C=O) groups is 1. The number of piperidine rings is 1. The van der Waals surface area contributed by atoms with E-state index in [1.165, 1.54) is 6.07 Å². The number of amides is 1. The Morgan fingerprint density at radius 2 is 1.71 bits per heavy atom. The van der Waals surface area contributed by atoms with Crippen molar-refractivity contribution in [1.29, 1.82) is 0 Å². The molecule has 2 bridgehead atoms. The van der Waals surface area contributed by atoms with Gasteiger partial charge in [-0.25, -0.2) is 8.78 Å². The minimum absolute atomic E-state index is 0. The van der Waals surface area contributed by atoms with Gasteiger partial charge in [-0.2, -0.15) is 0 Å². The van der Waals surface area contributed by atoms with Crippen molar-refractivity contribution in [1.82, 2.24) is 10.6 Å². The first-order valence-electron chi connectivity index (χ1n) is 9.31. The van der Waals surface area contributed by atoms with Crippen LogP contribution in [0.1, 0.15) is 37.4 Å². The number of nitrogens with one attached hydrogen (secondary N) is 2. The molecule has 150 valence electrons. The van der Waals surface area contributed by atoms with E-state index in [0.29, 0.717) is 17.6 Å². The van der Waals surface area contributed by atoms with Crippen LogP contribution >= 0.6 is 12.4 Å². The highest BCUT2D eigenvalue weighted by Crippen LogP contribution is 2.28. The molecule has 0 radical (unpaired) electrons. The van der Waals surface area contributed by atoms with E-state index in [4.69, 9.17) is 4.74 Å². The topological polar surface area (TPSA) is 50.4 Å². The lowest BCUT2D eigenvalue weighted by atomic mass is 9.99. The van der Waals surface area contributed by atoms with Gasteiger partial charge >= 0.3 is 0 Å². The van der Waals surface area contributed by atoms with Crippen LogP contribution in [0.15, 0.2) is 48.5 Å². The van der Waals surface area contributed by atoms with Gasteiger partial charge in [-0.1, -0.05) is 30.3 Å². The molecule has 2 aromatic rings. The van der Waals surface area contributed by atoms with Gasteiger partial charge in [-0.3, -0.25) is 4.79 Å². The lowest BCUT2D eigenvalue weighted by Gasteiger charge is -2.31. The number of rotatable bonds is 5. The second-order valence-corrected chi connectivity index (χ2v) is 7.30. The lowest BCUT2D eigenvalue weighted by molar-refractivity contribution is -0.129. The summed E-state index contributed by atoms with van der Waals surface area (Å²) in [7, 11) is 0. The first-order chi connectivity index (χ1) is 13.1. The average molecular weight is 409 g/mol. The molecular formula is C21H23ClF2N2O2. The average Bonchev–Trinajstić information content (AvgIpc) is 3.01. The van der Waals surface area contributed by atoms with Gasteiger partial charge in [0.1, 0.15) is 5.75 Å². The molecular weight excluding hydrogens is 386 g/mol. The lowest BCUT2D eigenvalue weighted by Crippen LogP contribution is -2.49. The van der Waals surface area contributed by atoms with E-state index in [9.17, 15) is 13.6 Å². The number of benzene rings is 2. The number of hydrogen-bond acceptors (Lipinski definition) is 3. The zero-order chi connectivity index (χ0) is 18.8. The SMILES string of the molecule is Cl.O=C(NC1CC2CCC(C1)N2)C(Oc1ccc(F)c(F)c1)c1ccccc1. The number of halogens is 3. The summed E-state index contributed by atoms with van der Waals surface area (Å²) in [6.45, 7) is 0. The molecule has 2 fully saturated rings. The molecule has 0 saturated carbocycles. The Kier molecular flexibility index (Phi) is 6.52. The Labute approximate surface area is 169 Å². The molecule has 0 aliphatic carbocycles. The Morgan fingerprint density at radius 1 is 1.04 bits per heavy atom. The number of ether oxygens (including phenoxy) is 1. The van der Waals surface area contributed by atoms with Crippen molar-refractivity contribution in [3.8, 4) is 5.75 Å². The molecule has 3 atom stereocenters. The first-order valence-corrected chi connectivity index (χ1v) is 9.31. The van der Waals surface area contributed by atoms with E-state index in [1.54, 1.807) is 12.1 Å². The first kappa shape index (κ1) is 20.6. The van der Waals surface area contributed by atoms with Gasteiger partial charge in [0.25, 0.3) is 5.91 Å². The molecule has 4 rings (SSSR count). The van der Waals surface area contributed by atoms with Crippen molar-refractivity contribution in [2.45, 2.75) is 49.9 Å². The highest BCUT2D eigenvalue weighted by atomic mass is 35.5. The molecule has 1 amide bonds. The molecule has 3 unspecified atom stereocenters. The molecule has 2 aromatic carbocycles. The quantitative estimate of drug-likeness (QED) is 0.788. The smallest absolute Gasteiger partial charge is 0.266 e. The molecule has 4 nitrogen and oxygen atoms in total. The van der Waals surface area contributed by atoms with E-state index in [1.807, 2.05) is 18.2 Å². The van der Waals surface area contributed by atoms with Gasteiger partial charge in [0, 0.05) is 29.8 Å². The Bertz CT molecular complexity index is 809. The molecule has 0 spiro atoms. The zero-order valence-electron chi connectivity index (χ0n) is 15.2. The summed E-state index contributed by atoms with van der Waals surface area (Å²) in [6.07, 6.45) is 3.15. The van der Waals surface area contributed by atoms with Crippen LogP contribution in [-0.2, 0) is 4.79 Å². The van der Waals surface area contributed by atoms with Crippen molar-refractivity contribution in [3.05, 3.63) is 65.7 Å². The maximum atomic E-state index is 13.5. The Hall–Kier alpha value is -2.18. The van der Waals surface area contributed by atoms with Crippen LogP contribution in [0.4, 0.5) is 8.78 Å². The van der Waals surface area contributed by atoms with E-state index >= 15 is 0 Å². The second-order valence-electron chi connectivity index (χ2n) is 7.30. The monoisotopic (exact) mass is 408 g/mol. The molecule has 0 aromatic heterocycles. The molecule has 2 saturated heterocycles. The van der Waals surface area contributed by atoms with Crippen LogP contribution < -0.4 is 15.4 Å². The molecule has 2 heterocycles. The highest BCUT2D eigenvalue weighted by Gasteiger charge is 2.35. The molecule has 28 heavy (non-hydrogen) atoms. The third kappa shape index (κ3) is 4.62. The van der Waals surface area contributed by atoms with Gasteiger partial charge in [-0.15, -0.1) is 12.4 Å². The van der Waals surface area contributed by atoms with Crippen molar-refractivity contribution in [2.75, 3.05) is 0 Å². The van der Waals surface area contributed by atoms with Gasteiger partial charge in [0.05, 0.1) is 0 Å². The molecule has 7 heteroatoms. The molecule has 2 aliphatic heterocycles. The number of carbonyl (C=O) groups excluding carboxylic acids is 1. The molecule has 2 aliphatic rings. The summed E-state index contributed by atoms with van der Waals surface area (Å²) in [5.41, 5.74) is 0.664. The summed E-state index contributed by atoms with van der Waals surface area (Å²) in [5.74, 6) is -2.11. The standard InChI is InChI=1S/C21H22F2N2O2.ClH/c22-18-9-8-17(12-19(18)23)27-20(13-4-2-1-3-5-13)21(26)25-16-10-14-6-7-15(11-16)24-14;/h1-5,8-9,12,14-16,20,24H,6-7,10-11H2,(H,25,26);1H. The van der Waals surface area contributed by atoms with Crippen molar-refractivity contribution >= 4 is 18.3 Å². The predicted molar refractivity (Wildman–Crippen MR) is 105 cm³/mol. The third-order valence-corrected chi connectivity index (χ3v) is 5.30. The largest absolute Gasteiger partial charge is 0.476 e. The van der Waals surface area contributed by atoms with Gasteiger partial charge in [-0.05, 0) is 37.8 Å². The van der Waals surface area contributed by atoms with Gasteiger partial charge < -0.3 is 15.4 Å². The van der Waals surface area contributed by atoms with Crippen molar-refractivity contribution in [3.63, 3.8) is 0 Å². The maximum Gasteiger partial charge on any atom is 0.266 e. The summed E-state index contributed by atoms with van der Waals surface area (Å²) < 4.78 is 32.5. The Morgan fingerprint density at radius 3 is 2.36 bits per heavy atom. The van der Waals surface area contributed by atoms with E-state index in [0.717, 1.165) is 37.8 Å². The van der Waals surface area contributed by atoms with Crippen LogP contribution in [0.25, 0.3) is 0 Å². The van der Waals surface area contributed by atoms with Crippen LogP contribution in [0.3, 0.4) is 0 Å². The normalized spacial score (nSPS) is 24.1. The number of hydrogen-bond donors (Lipinski definition) is 2. The van der Waals surface area contributed by atoms with E-state index < -0.39 is 17.7 Å². The fourth-order valence-electron chi connectivity index (χ4n) is 4.04. The summed E-state index contributed by atoms with van der Waals surface area (Å²) in [5, 5.41) is 6.64. The van der Waals surface area contributed by atoms with Gasteiger partial charge in [0.15, 0.2) is 11.6 Å².